The third-order valence-corrected chi connectivity index (χ3v) is 3.97. The summed E-state index contributed by atoms with van der Waals surface area (Å²) in [7, 11) is 1.71. The molecule has 0 aliphatic heterocycles. The average Bonchev–Trinajstić information content (AvgIpc) is 2.45. The molecule has 0 saturated carbocycles. The Balaban J connectivity index is 2.69. The van der Waals surface area contributed by atoms with Crippen molar-refractivity contribution in [1.29, 1.82) is 0 Å². The Hall–Kier alpha value is -1.84. The van der Waals surface area contributed by atoms with Crippen molar-refractivity contribution in [2.24, 2.45) is 11.8 Å². The first-order valence-corrected chi connectivity index (χ1v) is 7.30. The van der Waals surface area contributed by atoms with Gasteiger partial charge in [0.05, 0.1) is 5.92 Å². The lowest BCUT2D eigenvalue weighted by Gasteiger charge is -2.23. The van der Waals surface area contributed by atoms with Gasteiger partial charge in [0.2, 0.25) is 5.91 Å². The van der Waals surface area contributed by atoms with Gasteiger partial charge in [0.15, 0.2) is 0 Å². The highest BCUT2D eigenvalue weighted by Gasteiger charge is 2.27. The van der Waals surface area contributed by atoms with Crippen LogP contribution in [0.2, 0.25) is 0 Å². The van der Waals surface area contributed by atoms with Crippen LogP contribution in [0.25, 0.3) is 0 Å². The van der Waals surface area contributed by atoms with Crippen LogP contribution in [0, 0.1) is 11.8 Å². The highest BCUT2D eigenvalue weighted by Crippen LogP contribution is 2.18. The van der Waals surface area contributed by atoms with Crippen molar-refractivity contribution in [3.8, 4) is 0 Å². The van der Waals surface area contributed by atoms with Crippen molar-refractivity contribution in [2.45, 2.75) is 40.2 Å². The number of hydrogen-bond donors (Lipinski definition) is 1. The van der Waals surface area contributed by atoms with Crippen LogP contribution in [0.3, 0.4) is 0 Å². The minimum atomic E-state index is -0.939. The molecule has 0 heterocycles. The van der Waals surface area contributed by atoms with E-state index < -0.39 is 17.8 Å². The number of aliphatic carboxylic acids is 1. The molecule has 1 N–H and O–H groups in total. The molecule has 0 aromatic heterocycles. The van der Waals surface area contributed by atoms with Crippen LogP contribution in [-0.2, 0) is 16.1 Å². The molecule has 0 bridgehead atoms. The first kappa shape index (κ1) is 17.2. The molecule has 21 heavy (non-hydrogen) atoms. The number of rotatable bonds is 6. The van der Waals surface area contributed by atoms with Crippen molar-refractivity contribution < 1.29 is 14.7 Å². The Kier molecular flexibility index (Phi) is 5.94. The van der Waals surface area contributed by atoms with Gasteiger partial charge in [-0.1, -0.05) is 52.0 Å². The van der Waals surface area contributed by atoms with E-state index in [1.54, 1.807) is 25.8 Å². The normalized spacial score (nSPS) is 13.8. The quantitative estimate of drug-likeness (QED) is 0.876. The summed E-state index contributed by atoms with van der Waals surface area (Å²) >= 11 is 0. The lowest BCUT2D eigenvalue weighted by atomic mass is 9.94. The minimum Gasteiger partial charge on any atom is -0.481 e. The number of nitrogens with zero attached hydrogens (tertiary/aromatic N) is 1. The fourth-order valence-corrected chi connectivity index (χ4v) is 2.14. The number of carbonyl (C=O) groups excluding carboxylic acids is 1. The smallest absolute Gasteiger partial charge is 0.307 e. The molecule has 1 amide bonds. The van der Waals surface area contributed by atoms with Crippen LogP contribution in [0.5, 0.6) is 0 Å². The summed E-state index contributed by atoms with van der Waals surface area (Å²) in [6.07, 6.45) is 0. The Morgan fingerprint density at radius 3 is 2.00 bits per heavy atom. The van der Waals surface area contributed by atoms with Crippen LogP contribution < -0.4 is 0 Å². The van der Waals surface area contributed by atoms with E-state index in [-0.39, 0.29) is 5.91 Å². The molecule has 0 aliphatic rings. The van der Waals surface area contributed by atoms with Crippen molar-refractivity contribution in [3.63, 3.8) is 0 Å². The summed E-state index contributed by atoms with van der Waals surface area (Å²) in [4.78, 5) is 24.8. The average molecular weight is 291 g/mol. The van der Waals surface area contributed by atoms with Gasteiger partial charge < -0.3 is 10.0 Å². The zero-order valence-corrected chi connectivity index (χ0v) is 13.5. The highest BCUT2D eigenvalue weighted by molar-refractivity contribution is 5.84. The van der Waals surface area contributed by atoms with Gasteiger partial charge in [-0.05, 0) is 17.0 Å². The topological polar surface area (TPSA) is 57.6 Å². The maximum Gasteiger partial charge on any atom is 0.307 e. The first-order chi connectivity index (χ1) is 9.73. The molecule has 0 aliphatic carbocycles. The molecular weight excluding hydrogens is 266 g/mol. The number of amides is 1. The van der Waals surface area contributed by atoms with Gasteiger partial charge in [-0.25, -0.2) is 0 Å². The van der Waals surface area contributed by atoms with Gasteiger partial charge in [-0.15, -0.1) is 0 Å². The van der Waals surface area contributed by atoms with Gasteiger partial charge in [-0.3, -0.25) is 9.59 Å². The number of benzene rings is 1. The molecule has 0 spiro atoms. The summed E-state index contributed by atoms with van der Waals surface area (Å²) in [5.74, 6) is -1.80. The highest BCUT2D eigenvalue weighted by atomic mass is 16.4. The monoisotopic (exact) mass is 291 g/mol. The minimum absolute atomic E-state index is 0.141. The number of carboxylic acids is 1. The van der Waals surface area contributed by atoms with Gasteiger partial charge in [0, 0.05) is 19.5 Å². The SMILES string of the molecule is CC(C)c1ccc(CN(C)C(=O)C(C)C(C)C(=O)O)cc1. The predicted octanol–water partition coefficient (Wildman–Crippen LogP) is 3.13. The predicted molar refractivity (Wildman–Crippen MR) is 83.0 cm³/mol. The van der Waals surface area contributed by atoms with Gasteiger partial charge >= 0.3 is 5.97 Å². The van der Waals surface area contributed by atoms with Crippen LogP contribution in [0.4, 0.5) is 0 Å². The van der Waals surface area contributed by atoms with Gasteiger partial charge in [-0.2, -0.15) is 0 Å². The van der Waals surface area contributed by atoms with Gasteiger partial charge in [0.25, 0.3) is 0 Å². The molecule has 2 atom stereocenters. The zero-order valence-electron chi connectivity index (χ0n) is 13.5. The Labute approximate surface area is 126 Å². The molecule has 4 nitrogen and oxygen atoms in total. The van der Waals surface area contributed by atoms with Crippen LogP contribution in [-0.4, -0.2) is 28.9 Å². The Bertz CT molecular complexity index is 493. The Morgan fingerprint density at radius 2 is 1.57 bits per heavy atom. The maximum absolute atomic E-state index is 12.2. The molecule has 2 unspecified atom stereocenters. The fourth-order valence-electron chi connectivity index (χ4n) is 2.14. The molecule has 4 heteroatoms. The molecule has 1 aromatic carbocycles. The number of carboxylic acid groups (broad SMARTS) is 1. The van der Waals surface area contributed by atoms with Crippen LogP contribution in [0.1, 0.15) is 44.7 Å². The lowest BCUT2D eigenvalue weighted by molar-refractivity contribution is -0.148. The maximum atomic E-state index is 12.2. The van der Waals surface area contributed by atoms with Crippen molar-refractivity contribution in [2.75, 3.05) is 7.05 Å². The van der Waals surface area contributed by atoms with E-state index in [4.69, 9.17) is 5.11 Å². The summed E-state index contributed by atoms with van der Waals surface area (Å²) < 4.78 is 0. The molecule has 0 fully saturated rings. The van der Waals surface area contributed by atoms with Gasteiger partial charge in [0.1, 0.15) is 0 Å². The van der Waals surface area contributed by atoms with E-state index in [2.05, 4.69) is 26.0 Å². The van der Waals surface area contributed by atoms with Crippen LogP contribution in [0.15, 0.2) is 24.3 Å². The summed E-state index contributed by atoms with van der Waals surface area (Å²) in [5.41, 5.74) is 2.31. The van der Waals surface area contributed by atoms with Crippen LogP contribution >= 0.6 is 0 Å². The fraction of sp³-hybridized carbons (Fsp3) is 0.529. The van der Waals surface area contributed by atoms with E-state index in [9.17, 15) is 9.59 Å². The van der Waals surface area contributed by atoms with Crippen molar-refractivity contribution in [3.05, 3.63) is 35.4 Å². The van der Waals surface area contributed by atoms with E-state index in [1.165, 1.54) is 5.56 Å². The lowest BCUT2D eigenvalue weighted by Crippen LogP contribution is -2.36. The largest absolute Gasteiger partial charge is 0.481 e. The molecule has 1 rings (SSSR count). The van der Waals surface area contributed by atoms with E-state index in [1.807, 2.05) is 12.1 Å². The zero-order chi connectivity index (χ0) is 16.2. The second kappa shape index (κ2) is 7.25. The molecule has 116 valence electrons. The van der Waals surface area contributed by atoms with E-state index in [0.717, 1.165) is 5.56 Å². The number of carbonyl (C=O) groups is 2. The second-order valence-corrected chi connectivity index (χ2v) is 6.01. The summed E-state index contributed by atoms with van der Waals surface area (Å²) in [6.45, 7) is 8.00. The molecule has 1 aromatic rings. The third-order valence-electron chi connectivity index (χ3n) is 3.97. The summed E-state index contributed by atoms with van der Waals surface area (Å²) in [6, 6.07) is 8.18. The Morgan fingerprint density at radius 1 is 1.05 bits per heavy atom. The van der Waals surface area contributed by atoms with E-state index >= 15 is 0 Å². The molecular formula is C17H25NO3. The molecule has 0 saturated heterocycles. The number of hydrogen-bond acceptors (Lipinski definition) is 2. The molecule has 0 radical (unpaired) electrons. The second-order valence-electron chi connectivity index (χ2n) is 6.01. The van der Waals surface area contributed by atoms with E-state index in [0.29, 0.717) is 12.5 Å². The third kappa shape index (κ3) is 4.59. The van der Waals surface area contributed by atoms with Crippen molar-refractivity contribution >= 4 is 11.9 Å². The van der Waals surface area contributed by atoms with Crippen molar-refractivity contribution in [1.82, 2.24) is 4.90 Å². The first-order valence-electron chi connectivity index (χ1n) is 7.30. The standard InChI is InChI=1S/C17H25NO3/c1-11(2)15-8-6-14(7-9-15)10-18(5)16(19)12(3)13(4)17(20)21/h6-9,11-13H,10H2,1-5H3,(H,20,21). The summed E-state index contributed by atoms with van der Waals surface area (Å²) in [5, 5.41) is 8.98.